The molecule has 0 spiro atoms. The summed E-state index contributed by atoms with van der Waals surface area (Å²) < 4.78 is 11.2. The van der Waals surface area contributed by atoms with Gasteiger partial charge in [0.1, 0.15) is 11.5 Å². The van der Waals surface area contributed by atoms with Gasteiger partial charge in [-0.15, -0.1) is 0 Å². The van der Waals surface area contributed by atoms with Crippen LogP contribution in [-0.2, 0) is 6.42 Å². The average Bonchev–Trinajstić information content (AvgIpc) is 2.94. The number of nitrogens with zero attached hydrogens (tertiary/aromatic N) is 1. The lowest BCUT2D eigenvalue weighted by Crippen LogP contribution is -2.00. The van der Waals surface area contributed by atoms with Gasteiger partial charge in [-0.1, -0.05) is 0 Å². The molecule has 1 N–H and O–H groups in total. The lowest BCUT2D eigenvalue weighted by atomic mass is 9.97. The van der Waals surface area contributed by atoms with Crippen molar-refractivity contribution >= 4 is 0 Å². The number of hydrogen-bond donors (Lipinski definition) is 1. The highest BCUT2D eigenvalue weighted by Crippen LogP contribution is 2.39. The van der Waals surface area contributed by atoms with E-state index in [-0.39, 0.29) is 0 Å². The van der Waals surface area contributed by atoms with Gasteiger partial charge in [0.25, 0.3) is 0 Å². The van der Waals surface area contributed by atoms with E-state index in [2.05, 4.69) is 36.2 Å². The van der Waals surface area contributed by atoms with Gasteiger partial charge in [-0.25, -0.2) is 0 Å². The molecule has 0 radical (unpaired) electrons. The van der Waals surface area contributed by atoms with E-state index in [1.807, 2.05) is 24.3 Å². The number of fused-ring (bicyclic) bond motifs is 3. The molecule has 1 aliphatic rings. The fourth-order valence-electron chi connectivity index (χ4n) is 3.19. The van der Waals surface area contributed by atoms with Crippen LogP contribution in [0.3, 0.4) is 0 Å². The number of aryl methyl sites for hydroxylation is 2. The van der Waals surface area contributed by atoms with Crippen LogP contribution in [0.4, 0.5) is 0 Å². The smallest absolute Gasteiger partial charge is 0.128 e. The summed E-state index contributed by atoms with van der Waals surface area (Å²) in [7, 11) is 1.67. The lowest BCUT2D eigenvalue weighted by molar-refractivity contribution is 0.326. The monoisotopic (exact) mass is 320 g/mol. The zero-order chi connectivity index (χ0) is 16.7. The van der Waals surface area contributed by atoms with Crippen molar-refractivity contribution in [1.82, 2.24) is 10.2 Å². The van der Waals surface area contributed by atoms with Crippen molar-refractivity contribution in [2.24, 2.45) is 0 Å². The molecule has 122 valence electrons. The van der Waals surface area contributed by atoms with E-state index in [9.17, 15) is 0 Å². The second-order valence-electron chi connectivity index (χ2n) is 6.19. The molecule has 1 aliphatic heterocycles. The van der Waals surface area contributed by atoms with Crippen LogP contribution < -0.4 is 9.47 Å². The molecule has 0 atom stereocenters. The van der Waals surface area contributed by atoms with Crippen molar-refractivity contribution in [3.63, 3.8) is 0 Å². The maximum Gasteiger partial charge on any atom is 0.128 e. The standard InChI is InChI=1S/C20H20N2O2/c1-12-10-17-18(11-13(12)2)24-9-8-16-19(21-22-20(16)17)14-4-6-15(23-3)7-5-14/h4-7,10-11H,8-9H2,1-3H3,(H,21,22). The van der Waals surface area contributed by atoms with Crippen LogP contribution in [0.2, 0.25) is 0 Å². The summed E-state index contributed by atoms with van der Waals surface area (Å²) in [6.07, 6.45) is 0.833. The van der Waals surface area contributed by atoms with Crippen LogP contribution in [0.1, 0.15) is 16.7 Å². The number of methoxy groups -OCH3 is 1. The van der Waals surface area contributed by atoms with Crippen molar-refractivity contribution in [2.45, 2.75) is 20.3 Å². The summed E-state index contributed by atoms with van der Waals surface area (Å²) in [5, 5.41) is 7.83. The molecule has 0 bridgehead atoms. The number of nitrogens with one attached hydrogen (secondary N) is 1. The Morgan fingerprint density at radius 2 is 1.83 bits per heavy atom. The second kappa shape index (κ2) is 5.71. The Hall–Kier alpha value is -2.75. The number of ether oxygens (including phenoxy) is 2. The molecular formula is C20H20N2O2. The molecule has 0 fully saturated rings. The molecule has 0 saturated heterocycles. The lowest BCUT2D eigenvalue weighted by Gasteiger charge is -2.10. The minimum atomic E-state index is 0.658. The number of H-pyrrole nitrogens is 1. The molecule has 4 heteroatoms. The van der Waals surface area contributed by atoms with Gasteiger partial charge in [0, 0.05) is 23.1 Å². The van der Waals surface area contributed by atoms with Crippen molar-refractivity contribution in [3.8, 4) is 34.0 Å². The summed E-state index contributed by atoms with van der Waals surface area (Å²) in [6.45, 7) is 4.90. The Bertz CT molecular complexity index is 895. The van der Waals surface area contributed by atoms with E-state index in [0.29, 0.717) is 6.61 Å². The van der Waals surface area contributed by atoms with Gasteiger partial charge in [-0.3, -0.25) is 5.10 Å². The third kappa shape index (κ3) is 2.35. The van der Waals surface area contributed by atoms with Gasteiger partial charge < -0.3 is 9.47 Å². The van der Waals surface area contributed by atoms with Crippen LogP contribution in [0.25, 0.3) is 22.5 Å². The first-order chi connectivity index (χ1) is 11.7. The van der Waals surface area contributed by atoms with Gasteiger partial charge in [-0.05, 0) is 61.4 Å². The van der Waals surface area contributed by atoms with E-state index in [0.717, 1.165) is 40.4 Å². The van der Waals surface area contributed by atoms with Crippen molar-refractivity contribution in [2.75, 3.05) is 13.7 Å². The molecule has 3 aromatic rings. The molecule has 4 nitrogen and oxygen atoms in total. The summed E-state index contributed by atoms with van der Waals surface area (Å²) >= 11 is 0. The topological polar surface area (TPSA) is 47.1 Å². The number of hydrogen-bond acceptors (Lipinski definition) is 3. The predicted molar refractivity (Wildman–Crippen MR) is 94.7 cm³/mol. The molecule has 0 aliphatic carbocycles. The van der Waals surface area contributed by atoms with Gasteiger partial charge >= 0.3 is 0 Å². The molecule has 2 heterocycles. The molecule has 0 saturated carbocycles. The third-order valence-electron chi connectivity index (χ3n) is 4.71. The zero-order valence-corrected chi connectivity index (χ0v) is 14.1. The van der Waals surface area contributed by atoms with E-state index in [1.165, 1.54) is 16.7 Å². The quantitative estimate of drug-likeness (QED) is 0.765. The molecule has 2 aromatic carbocycles. The van der Waals surface area contributed by atoms with Gasteiger partial charge in [0.15, 0.2) is 0 Å². The van der Waals surface area contributed by atoms with E-state index >= 15 is 0 Å². The first-order valence-corrected chi connectivity index (χ1v) is 8.13. The predicted octanol–water partition coefficient (Wildman–Crippen LogP) is 4.30. The summed E-state index contributed by atoms with van der Waals surface area (Å²) in [4.78, 5) is 0. The molecule has 0 amide bonds. The fourth-order valence-corrected chi connectivity index (χ4v) is 3.19. The maximum atomic E-state index is 5.98. The Morgan fingerprint density at radius 1 is 1.08 bits per heavy atom. The van der Waals surface area contributed by atoms with Crippen molar-refractivity contribution < 1.29 is 9.47 Å². The number of aromatic amines is 1. The van der Waals surface area contributed by atoms with Crippen molar-refractivity contribution in [3.05, 3.63) is 53.1 Å². The van der Waals surface area contributed by atoms with Crippen LogP contribution in [0, 0.1) is 13.8 Å². The van der Waals surface area contributed by atoms with Crippen molar-refractivity contribution in [1.29, 1.82) is 0 Å². The Kier molecular flexibility index (Phi) is 3.53. The van der Waals surface area contributed by atoms with Crippen LogP contribution in [0.5, 0.6) is 11.5 Å². The summed E-state index contributed by atoms with van der Waals surface area (Å²) in [5.41, 5.74) is 7.94. The first kappa shape index (κ1) is 14.8. The highest BCUT2D eigenvalue weighted by atomic mass is 16.5. The van der Waals surface area contributed by atoms with Crippen LogP contribution >= 0.6 is 0 Å². The van der Waals surface area contributed by atoms with E-state index in [1.54, 1.807) is 7.11 Å². The Morgan fingerprint density at radius 3 is 2.58 bits per heavy atom. The summed E-state index contributed by atoms with van der Waals surface area (Å²) in [5.74, 6) is 1.78. The highest BCUT2D eigenvalue weighted by molar-refractivity contribution is 5.78. The molecule has 24 heavy (non-hydrogen) atoms. The first-order valence-electron chi connectivity index (χ1n) is 8.13. The Labute approximate surface area is 141 Å². The third-order valence-corrected chi connectivity index (χ3v) is 4.71. The minimum absolute atomic E-state index is 0.658. The average molecular weight is 320 g/mol. The van der Waals surface area contributed by atoms with E-state index in [4.69, 9.17) is 9.47 Å². The fraction of sp³-hybridized carbons (Fsp3) is 0.250. The molecule has 0 unspecified atom stereocenters. The normalized spacial score (nSPS) is 12.8. The molecular weight excluding hydrogens is 300 g/mol. The maximum absolute atomic E-state index is 5.98. The molecule has 4 rings (SSSR count). The minimum Gasteiger partial charge on any atom is -0.497 e. The second-order valence-corrected chi connectivity index (χ2v) is 6.19. The van der Waals surface area contributed by atoms with Crippen LogP contribution in [0.15, 0.2) is 36.4 Å². The van der Waals surface area contributed by atoms with E-state index < -0.39 is 0 Å². The van der Waals surface area contributed by atoms with Gasteiger partial charge in [0.2, 0.25) is 0 Å². The Balaban J connectivity index is 1.85. The summed E-state index contributed by atoms with van der Waals surface area (Å²) in [6, 6.07) is 12.3. The largest absolute Gasteiger partial charge is 0.497 e. The van der Waals surface area contributed by atoms with Crippen LogP contribution in [-0.4, -0.2) is 23.9 Å². The SMILES string of the molecule is COc1ccc(-c2n[nH]c3c2CCOc2cc(C)c(C)cc2-3)cc1. The number of rotatable bonds is 2. The molecule has 1 aromatic heterocycles. The van der Waals surface area contributed by atoms with Gasteiger partial charge in [0.05, 0.1) is 25.1 Å². The number of benzene rings is 2. The number of aromatic nitrogens is 2. The van der Waals surface area contributed by atoms with Gasteiger partial charge in [-0.2, -0.15) is 5.10 Å². The zero-order valence-electron chi connectivity index (χ0n) is 14.1. The highest BCUT2D eigenvalue weighted by Gasteiger charge is 2.22.